The highest BCUT2D eigenvalue weighted by molar-refractivity contribution is 5.70. The number of nitrogens with zero attached hydrogens (tertiary/aromatic N) is 1. The van der Waals surface area contributed by atoms with Gasteiger partial charge in [0, 0.05) is 7.11 Å². The van der Waals surface area contributed by atoms with Gasteiger partial charge in [0.1, 0.15) is 0 Å². The minimum atomic E-state index is -0.938. The van der Waals surface area contributed by atoms with Crippen LogP contribution >= 0.6 is 0 Å². The molecule has 0 aromatic carbocycles. The van der Waals surface area contributed by atoms with Gasteiger partial charge in [-0.2, -0.15) is 0 Å². The lowest BCUT2D eigenvalue weighted by molar-refractivity contribution is 0.0782. The van der Waals surface area contributed by atoms with E-state index in [0.29, 0.717) is 0 Å². The Labute approximate surface area is 63.6 Å². The summed E-state index contributed by atoms with van der Waals surface area (Å²) in [5.74, 6) is 0. The van der Waals surface area contributed by atoms with E-state index in [1.807, 2.05) is 0 Å². The van der Waals surface area contributed by atoms with Crippen molar-refractivity contribution in [3.05, 3.63) is 0 Å². The monoisotopic (exact) mass is 162 g/mol. The molecule has 1 atom stereocenters. The average Bonchev–Trinajstić information content (AvgIpc) is 1.87. The highest BCUT2D eigenvalue weighted by atomic mass is 16.6. The fraction of sp³-hybridized carbons (Fsp3) is 0.600. The summed E-state index contributed by atoms with van der Waals surface area (Å²) in [6, 6.07) is 0. The Balaban J connectivity index is 3.78. The maximum Gasteiger partial charge on any atom is 0.405 e. The molecule has 0 radical (unpaired) electrons. The van der Waals surface area contributed by atoms with Gasteiger partial charge in [-0.1, -0.05) is 5.16 Å². The molecule has 0 heterocycles. The molecule has 0 saturated carbocycles. The topological polar surface area (TPSA) is 94.1 Å². The Bertz CT molecular complexity index is 147. The highest BCUT2D eigenvalue weighted by Gasteiger charge is 2.08. The van der Waals surface area contributed by atoms with Crippen molar-refractivity contribution in [2.75, 3.05) is 13.7 Å². The third-order valence-electron chi connectivity index (χ3n) is 0.831. The summed E-state index contributed by atoms with van der Waals surface area (Å²) in [6.45, 7) is 0.104. The quantitative estimate of drug-likeness (QED) is 0.332. The number of amides is 1. The first-order valence-corrected chi connectivity index (χ1v) is 2.83. The second-order valence-corrected chi connectivity index (χ2v) is 1.70. The van der Waals surface area contributed by atoms with Gasteiger partial charge in [-0.05, 0) is 0 Å². The Morgan fingerprint density at radius 2 is 2.55 bits per heavy atom. The van der Waals surface area contributed by atoms with E-state index in [9.17, 15) is 4.79 Å². The van der Waals surface area contributed by atoms with Crippen LogP contribution in [0.25, 0.3) is 0 Å². The van der Waals surface area contributed by atoms with Crippen molar-refractivity contribution < 1.29 is 19.5 Å². The van der Waals surface area contributed by atoms with E-state index < -0.39 is 12.2 Å². The van der Waals surface area contributed by atoms with Crippen molar-refractivity contribution in [2.45, 2.75) is 6.10 Å². The van der Waals surface area contributed by atoms with E-state index >= 15 is 0 Å². The molecule has 11 heavy (non-hydrogen) atoms. The molecule has 0 spiro atoms. The molecule has 6 heteroatoms. The first kappa shape index (κ1) is 9.70. The summed E-state index contributed by atoms with van der Waals surface area (Å²) in [6.07, 6.45) is -0.664. The van der Waals surface area contributed by atoms with Crippen molar-refractivity contribution in [2.24, 2.45) is 10.9 Å². The first-order chi connectivity index (χ1) is 5.20. The molecule has 0 rings (SSSR count). The lowest BCUT2D eigenvalue weighted by Crippen LogP contribution is -2.27. The van der Waals surface area contributed by atoms with Crippen LogP contribution in [0.5, 0.6) is 0 Å². The molecule has 0 aliphatic carbocycles. The molecular formula is C5H10N2O4. The SMILES string of the molecule is COC[C@H](C=NO)OC(N)=O. The number of carbonyl (C=O) groups is 1. The fourth-order valence-corrected chi connectivity index (χ4v) is 0.495. The molecule has 0 aliphatic heterocycles. The van der Waals surface area contributed by atoms with Gasteiger partial charge in [-0.15, -0.1) is 0 Å². The van der Waals surface area contributed by atoms with Crippen molar-refractivity contribution >= 4 is 12.3 Å². The molecule has 0 aromatic rings. The van der Waals surface area contributed by atoms with E-state index in [1.54, 1.807) is 0 Å². The number of ether oxygens (including phenoxy) is 2. The Hall–Kier alpha value is -1.30. The average molecular weight is 162 g/mol. The van der Waals surface area contributed by atoms with Gasteiger partial charge >= 0.3 is 6.09 Å². The van der Waals surface area contributed by atoms with Crippen LogP contribution in [0.2, 0.25) is 0 Å². The van der Waals surface area contributed by atoms with Gasteiger partial charge in [-0.25, -0.2) is 4.79 Å². The van der Waals surface area contributed by atoms with Crippen LogP contribution in [0.3, 0.4) is 0 Å². The smallest absolute Gasteiger partial charge is 0.405 e. The van der Waals surface area contributed by atoms with E-state index in [2.05, 4.69) is 14.6 Å². The lowest BCUT2D eigenvalue weighted by atomic mass is 10.4. The number of primary amides is 1. The van der Waals surface area contributed by atoms with Gasteiger partial charge in [0.25, 0.3) is 0 Å². The molecule has 0 aromatic heterocycles. The van der Waals surface area contributed by atoms with Crippen LogP contribution in [-0.2, 0) is 9.47 Å². The van der Waals surface area contributed by atoms with Gasteiger partial charge in [0.05, 0.1) is 12.8 Å². The van der Waals surface area contributed by atoms with Gasteiger partial charge in [0.15, 0.2) is 6.10 Å². The van der Waals surface area contributed by atoms with Crippen molar-refractivity contribution in [1.82, 2.24) is 0 Å². The molecule has 6 nitrogen and oxygen atoms in total. The summed E-state index contributed by atoms with van der Waals surface area (Å²) >= 11 is 0. The van der Waals surface area contributed by atoms with E-state index in [4.69, 9.17) is 10.9 Å². The molecular weight excluding hydrogens is 152 g/mol. The number of nitrogens with two attached hydrogens (primary N) is 1. The largest absolute Gasteiger partial charge is 0.438 e. The van der Waals surface area contributed by atoms with Crippen molar-refractivity contribution in [3.8, 4) is 0 Å². The number of hydrogen-bond acceptors (Lipinski definition) is 5. The third-order valence-corrected chi connectivity index (χ3v) is 0.831. The number of oxime groups is 1. The summed E-state index contributed by atoms with van der Waals surface area (Å²) in [4.78, 5) is 10.2. The summed E-state index contributed by atoms with van der Waals surface area (Å²) < 4.78 is 9.06. The van der Waals surface area contributed by atoms with E-state index in [1.165, 1.54) is 7.11 Å². The van der Waals surface area contributed by atoms with Crippen LogP contribution in [-0.4, -0.2) is 37.3 Å². The molecule has 0 aliphatic rings. The Morgan fingerprint density at radius 3 is 2.91 bits per heavy atom. The van der Waals surface area contributed by atoms with Crippen LogP contribution < -0.4 is 5.73 Å². The Kier molecular flexibility index (Phi) is 4.83. The standard InChI is InChI=1S/C5H10N2O4/c1-10-3-4(2-7-9)11-5(6)8/h2,4,9H,3H2,1H3,(H2,6,8)/t4-/m0/s1. The zero-order valence-corrected chi connectivity index (χ0v) is 6.06. The predicted octanol–water partition coefficient (Wildman–Crippen LogP) is -0.443. The molecule has 0 unspecified atom stereocenters. The number of rotatable bonds is 4. The van der Waals surface area contributed by atoms with E-state index in [-0.39, 0.29) is 6.61 Å². The zero-order valence-electron chi connectivity index (χ0n) is 6.06. The Morgan fingerprint density at radius 1 is 1.91 bits per heavy atom. The van der Waals surface area contributed by atoms with Crippen LogP contribution in [0.1, 0.15) is 0 Å². The van der Waals surface area contributed by atoms with Gasteiger partial charge in [0.2, 0.25) is 0 Å². The highest BCUT2D eigenvalue weighted by Crippen LogP contribution is 1.88. The molecule has 0 saturated heterocycles. The van der Waals surface area contributed by atoms with Gasteiger partial charge < -0.3 is 20.4 Å². The van der Waals surface area contributed by atoms with E-state index in [0.717, 1.165) is 6.21 Å². The number of methoxy groups -OCH3 is 1. The normalized spacial score (nSPS) is 13.2. The zero-order chi connectivity index (χ0) is 8.69. The number of hydrogen-bond donors (Lipinski definition) is 2. The van der Waals surface area contributed by atoms with Crippen LogP contribution in [0.15, 0.2) is 5.16 Å². The lowest BCUT2D eigenvalue weighted by Gasteiger charge is -2.08. The summed E-state index contributed by atoms with van der Waals surface area (Å²) in [7, 11) is 1.42. The number of carbonyl (C=O) groups excluding carboxylic acids is 1. The van der Waals surface area contributed by atoms with Gasteiger partial charge in [-0.3, -0.25) is 0 Å². The van der Waals surface area contributed by atoms with Crippen LogP contribution in [0.4, 0.5) is 4.79 Å². The predicted molar refractivity (Wildman–Crippen MR) is 36.6 cm³/mol. The molecule has 1 amide bonds. The third kappa shape index (κ3) is 5.16. The molecule has 0 fully saturated rings. The van der Waals surface area contributed by atoms with Crippen molar-refractivity contribution in [3.63, 3.8) is 0 Å². The molecule has 64 valence electrons. The molecule has 0 bridgehead atoms. The minimum absolute atomic E-state index is 0.104. The maximum absolute atomic E-state index is 10.2. The summed E-state index contributed by atoms with van der Waals surface area (Å²) in [5, 5.41) is 10.7. The minimum Gasteiger partial charge on any atom is -0.438 e. The second-order valence-electron chi connectivity index (χ2n) is 1.70. The van der Waals surface area contributed by atoms with Crippen molar-refractivity contribution in [1.29, 1.82) is 0 Å². The second kappa shape index (κ2) is 5.48. The fourth-order valence-electron chi connectivity index (χ4n) is 0.495. The maximum atomic E-state index is 10.2. The van der Waals surface area contributed by atoms with Crippen LogP contribution in [0, 0.1) is 0 Å². The summed E-state index contributed by atoms with van der Waals surface area (Å²) in [5.41, 5.74) is 4.69. The molecule has 3 N–H and O–H groups in total. The first-order valence-electron chi connectivity index (χ1n) is 2.83.